The van der Waals surface area contributed by atoms with E-state index in [9.17, 15) is 4.79 Å². The fourth-order valence-electron chi connectivity index (χ4n) is 1.43. The van der Waals surface area contributed by atoms with Crippen molar-refractivity contribution in [1.82, 2.24) is 9.38 Å². The van der Waals surface area contributed by atoms with Gasteiger partial charge in [0.15, 0.2) is 11.4 Å². The number of imidazole rings is 1. The Morgan fingerprint density at radius 2 is 2.29 bits per heavy atom. The summed E-state index contributed by atoms with van der Waals surface area (Å²) in [6, 6.07) is 1.98. The highest BCUT2D eigenvalue weighted by Gasteiger charge is 2.09. The topological polar surface area (TPSA) is 34.4 Å². The first-order chi connectivity index (χ1) is 6.59. The minimum absolute atomic E-state index is 0.0231. The lowest BCUT2D eigenvalue weighted by molar-refractivity contribution is 0.101. The lowest BCUT2D eigenvalue weighted by Gasteiger charge is -2.01. The largest absolute Gasteiger partial charge is 0.296 e. The summed E-state index contributed by atoms with van der Waals surface area (Å²) in [5.74, 6) is 0.0231. The molecule has 2 aromatic heterocycles. The number of ketones is 1. The number of rotatable bonds is 1. The van der Waals surface area contributed by atoms with Gasteiger partial charge >= 0.3 is 0 Å². The molecule has 0 aliphatic carbocycles. The van der Waals surface area contributed by atoms with Gasteiger partial charge in [-0.15, -0.1) is 0 Å². The standard InChI is InChI=1S/C10H9BrN2O/c1-6-3-8(11)10-12-4-9(7(2)14)13(10)5-6/h3-5H,1-2H3. The summed E-state index contributed by atoms with van der Waals surface area (Å²) in [6.07, 6.45) is 3.51. The van der Waals surface area contributed by atoms with Crippen molar-refractivity contribution in [3.05, 3.63) is 34.2 Å². The fourth-order valence-corrected chi connectivity index (χ4v) is 2.09. The van der Waals surface area contributed by atoms with Crippen molar-refractivity contribution >= 4 is 27.4 Å². The van der Waals surface area contributed by atoms with Crippen LogP contribution in [0.1, 0.15) is 23.0 Å². The van der Waals surface area contributed by atoms with Crippen LogP contribution in [0.3, 0.4) is 0 Å². The van der Waals surface area contributed by atoms with Crippen molar-refractivity contribution in [2.45, 2.75) is 13.8 Å². The molecule has 2 heterocycles. The molecule has 2 aromatic rings. The molecule has 2 rings (SSSR count). The van der Waals surface area contributed by atoms with Crippen LogP contribution < -0.4 is 0 Å². The fraction of sp³-hybridized carbons (Fsp3) is 0.200. The van der Waals surface area contributed by atoms with E-state index < -0.39 is 0 Å². The quantitative estimate of drug-likeness (QED) is 0.732. The van der Waals surface area contributed by atoms with E-state index in [1.54, 1.807) is 13.1 Å². The Morgan fingerprint density at radius 3 is 2.93 bits per heavy atom. The van der Waals surface area contributed by atoms with E-state index in [2.05, 4.69) is 20.9 Å². The zero-order chi connectivity index (χ0) is 10.3. The van der Waals surface area contributed by atoms with Gasteiger partial charge in [0.1, 0.15) is 5.69 Å². The van der Waals surface area contributed by atoms with Crippen LogP contribution in [0.5, 0.6) is 0 Å². The van der Waals surface area contributed by atoms with Crippen LogP contribution in [-0.4, -0.2) is 15.2 Å². The molecule has 0 saturated carbocycles. The van der Waals surface area contributed by atoms with Crippen molar-refractivity contribution < 1.29 is 4.79 Å². The zero-order valence-electron chi connectivity index (χ0n) is 7.91. The van der Waals surface area contributed by atoms with E-state index in [0.29, 0.717) is 5.69 Å². The minimum Gasteiger partial charge on any atom is -0.296 e. The number of carbonyl (C=O) groups excluding carboxylic acids is 1. The molecule has 0 saturated heterocycles. The molecule has 0 aromatic carbocycles. The van der Waals surface area contributed by atoms with Gasteiger partial charge in [0, 0.05) is 13.1 Å². The van der Waals surface area contributed by atoms with Crippen LogP contribution in [0.15, 0.2) is 22.9 Å². The molecule has 0 spiro atoms. The number of Topliss-reactive ketones (excluding diaryl/α,β-unsaturated/α-hetero) is 1. The third kappa shape index (κ3) is 1.35. The number of aromatic nitrogens is 2. The second-order valence-corrected chi connectivity index (χ2v) is 4.11. The smallest absolute Gasteiger partial charge is 0.178 e. The van der Waals surface area contributed by atoms with Gasteiger partial charge in [-0.1, -0.05) is 0 Å². The van der Waals surface area contributed by atoms with Gasteiger partial charge in [0.25, 0.3) is 0 Å². The normalized spacial score (nSPS) is 10.8. The van der Waals surface area contributed by atoms with Gasteiger partial charge in [-0.05, 0) is 34.5 Å². The van der Waals surface area contributed by atoms with E-state index in [-0.39, 0.29) is 5.78 Å². The van der Waals surface area contributed by atoms with Crippen LogP contribution >= 0.6 is 15.9 Å². The zero-order valence-corrected chi connectivity index (χ0v) is 9.50. The summed E-state index contributed by atoms with van der Waals surface area (Å²) in [5, 5.41) is 0. The Balaban J connectivity index is 2.85. The highest BCUT2D eigenvalue weighted by Crippen LogP contribution is 2.19. The molecule has 4 heteroatoms. The Bertz CT molecular complexity index is 516. The Morgan fingerprint density at radius 1 is 1.57 bits per heavy atom. The van der Waals surface area contributed by atoms with E-state index >= 15 is 0 Å². The van der Waals surface area contributed by atoms with Crippen LogP contribution in [0.2, 0.25) is 0 Å². The highest BCUT2D eigenvalue weighted by molar-refractivity contribution is 9.10. The number of nitrogens with zero attached hydrogens (tertiary/aromatic N) is 2. The summed E-state index contributed by atoms with van der Waals surface area (Å²) < 4.78 is 2.71. The third-order valence-corrected chi connectivity index (χ3v) is 2.64. The van der Waals surface area contributed by atoms with Crippen molar-refractivity contribution in [2.75, 3.05) is 0 Å². The maximum Gasteiger partial charge on any atom is 0.178 e. The highest BCUT2D eigenvalue weighted by atomic mass is 79.9. The van der Waals surface area contributed by atoms with Gasteiger partial charge < -0.3 is 0 Å². The van der Waals surface area contributed by atoms with Gasteiger partial charge in [-0.3, -0.25) is 9.20 Å². The van der Waals surface area contributed by atoms with Crippen molar-refractivity contribution in [2.24, 2.45) is 0 Å². The molecule has 0 unspecified atom stereocenters. The lowest BCUT2D eigenvalue weighted by Crippen LogP contribution is -1.98. The second-order valence-electron chi connectivity index (χ2n) is 3.26. The van der Waals surface area contributed by atoms with Gasteiger partial charge in [-0.25, -0.2) is 4.98 Å². The molecule has 0 fully saturated rings. The van der Waals surface area contributed by atoms with Crippen LogP contribution in [0, 0.1) is 6.92 Å². The lowest BCUT2D eigenvalue weighted by atomic mass is 10.3. The molecule has 0 N–H and O–H groups in total. The van der Waals surface area contributed by atoms with Crippen molar-refractivity contribution in [1.29, 1.82) is 0 Å². The van der Waals surface area contributed by atoms with E-state index in [0.717, 1.165) is 15.7 Å². The van der Waals surface area contributed by atoms with Crippen LogP contribution in [0.25, 0.3) is 5.65 Å². The summed E-state index contributed by atoms with van der Waals surface area (Å²) in [5.41, 5.74) is 2.48. The number of aryl methyl sites for hydroxylation is 1. The number of hydrogen-bond acceptors (Lipinski definition) is 2. The summed E-state index contributed by atoms with van der Waals surface area (Å²) in [7, 11) is 0. The maximum absolute atomic E-state index is 11.3. The third-order valence-electron chi connectivity index (χ3n) is 2.06. The van der Waals surface area contributed by atoms with Gasteiger partial charge in [0.05, 0.1) is 10.7 Å². The summed E-state index contributed by atoms with van der Waals surface area (Å²) >= 11 is 3.42. The monoisotopic (exact) mass is 252 g/mol. The molecule has 3 nitrogen and oxygen atoms in total. The average Bonchev–Trinajstić information content (AvgIpc) is 2.47. The molecule has 0 amide bonds. The second kappa shape index (κ2) is 3.20. The first-order valence-electron chi connectivity index (χ1n) is 4.24. The van der Waals surface area contributed by atoms with Gasteiger partial charge in [0.2, 0.25) is 0 Å². The molecule has 0 aliphatic rings. The molecule has 14 heavy (non-hydrogen) atoms. The summed E-state index contributed by atoms with van der Waals surface area (Å²) in [6.45, 7) is 3.52. The Labute approximate surface area is 89.9 Å². The average molecular weight is 253 g/mol. The molecular weight excluding hydrogens is 244 g/mol. The maximum atomic E-state index is 11.3. The van der Waals surface area contributed by atoms with Gasteiger partial charge in [-0.2, -0.15) is 0 Å². The number of halogens is 1. The predicted molar refractivity (Wildman–Crippen MR) is 57.6 cm³/mol. The molecule has 0 aliphatic heterocycles. The number of pyridine rings is 1. The number of fused-ring (bicyclic) bond motifs is 1. The molecule has 0 atom stereocenters. The Kier molecular flexibility index (Phi) is 2.15. The van der Waals surface area contributed by atoms with Crippen LogP contribution in [0.4, 0.5) is 0 Å². The SMILES string of the molecule is CC(=O)c1cnc2c(Br)cc(C)cn12. The molecule has 0 bridgehead atoms. The summed E-state index contributed by atoms with van der Waals surface area (Å²) in [4.78, 5) is 15.4. The van der Waals surface area contributed by atoms with Crippen molar-refractivity contribution in [3.8, 4) is 0 Å². The number of carbonyl (C=O) groups is 1. The first-order valence-corrected chi connectivity index (χ1v) is 5.03. The van der Waals surface area contributed by atoms with E-state index in [4.69, 9.17) is 0 Å². The van der Waals surface area contributed by atoms with E-state index in [1.807, 2.05) is 23.6 Å². The number of hydrogen-bond donors (Lipinski definition) is 0. The molecule has 0 radical (unpaired) electrons. The first kappa shape index (κ1) is 9.40. The molecule has 72 valence electrons. The van der Waals surface area contributed by atoms with E-state index in [1.165, 1.54) is 0 Å². The van der Waals surface area contributed by atoms with Crippen molar-refractivity contribution in [3.63, 3.8) is 0 Å². The Hall–Kier alpha value is -1.16. The molecular formula is C10H9BrN2O. The van der Waals surface area contributed by atoms with Crippen LogP contribution in [-0.2, 0) is 0 Å². The minimum atomic E-state index is 0.0231. The predicted octanol–water partition coefficient (Wildman–Crippen LogP) is 2.61.